The third-order valence-corrected chi connectivity index (χ3v) is 3.54. The number of anilines is 1. The summed E-state index contributed by atoms with van der Waals surface area (Å²) >= 11 is 0. The Bertz CT molecular complexity index is 517. The summed E-state index contributed by atoms with van der Waals surface area (Å²) in [6.45, 7) is 5.15. The predicted molar refractivity (Wildman–Crippen MR) is 81.9 cm³/mol. The van der Waals surface area contributed by atoms with E-state index in [0.717, 1.165) is 24.2 Å². The third-order valence-electron chi connectivity index (χ3n) is 3.54. The summed E-state index contributed by atoms with van der Waals surface area (Å²) in [5.41, 5.74) is 10.6. The molecule has 1 unspecified atom stereocenters. The molecule has 2 aromatic rings. The van der Waals surface area contributed by atoms with Gasteiger partial charge in [0.1, 0.15) is 0 Å². The molecule has 2 rings (SSSR count). The smallest absolute Gasteiger partial charge is 0.0359 e. The minimum Gasteiger partial charge on any atom is -0.398 e. The summed E-state index contributed by atoms with van der Waals surface area (Å²) in [6, 6.07) is 17.1. The number of aryl methyl sites for hydroxylation is 1. The van der Waals surface area contributed by atoms with Gasteiger partial charge in [-0.1, -0.05) is 49.4 Å². The van der Waals surface area contributed by atoms with Crippen LogP contribution in [0, 0.1) is 0 Å². The Morgan fingerprint density at radius 1 is 1.05 bits per heavy atom. The fourth-order valence-corrected chi connectivity index (χ4v) is 2.12. The van der Waals surface area contributed by atoms with Gasteiger partial charge in [-0.3, -0.25) is 0 Å². The molecule has 0 amide bonds. The topological polar surface area (TPSA) is 38.0 Å². The first kappa shape index (κ1) is 13.6. The maximum absolute atomic E-state index is 5.94. The largest absolute Gasteiger partial charge is 0.398 e. The molecule has 2 heteroatoms. The van der Waals surface area contributed by atoms with Crippen LogP contribution in [0.4, 0.5) is 5.69 Å². The van der Waals surface area contributed by atoms with Crippen molar-refractivity contribution in [3.63, 3.8) is 0 Å². The van der Waals surface area contributed by atoms with Crippen molar-refractivity contribution in [2.45, 2.75) is 32.9 Å². The van der Waals surface area contributed by atoms with E-state index in [-0.39, 0.29) is 0 Å². The highest BCUT2D eigenvalue weighted by atomic mass is 14.9. The van der Waals surface area contributed by atoms with Crippen molar-refractivity contribution in [1.29, 1.82) is 0 Å². The molecule has 0 spiro atoms. The molecule has 0 aromatic heterocycles. The fourth-order valence-electron chi connectivity index (χ4n) is 2.12. The van der Waals surface area contributed by atoms with Gasteiger partial charge in [0.05, 0.1) is 0 Å². The summed E-state index contributed by atoms with van der Waals surface area (Å²) in [7, 11) is 0. The second-order valence-electron chi connectivity index (χ2n) is 4.90. The Labute approximate surface area is 115 Å². The van der Waals surface area contributed by atoms with Crippen LogP contribution in [-0.4, -0.2) is 0 Å². The van der Waals surface area contributed by atoms with Gasteiger partial charge in [-0.2, -0.15) is 0 Å². The van der Waals surface area contributed by atoms with Gasteiger partial charge in [-0.25, -0.2) is 0 Å². The van der Waals surface area contributed by atoms with Crippen LogP contribution in [0.1, 0.15) is 36.6 Å². The lowest BCUT2D eigenvalue weighted by molar-refractivity contribution is 0.575. The molecule has 0 aliphatic rings. The van der Waals surface area contributed by atoms with E-state index in [0.29, 0.717) is 6.04 Å². The number of nitrogens with two attached hydrogens (primary N) is 1. The zero-order valence-electron chi connectivity index (χ0n) is 11.7. The molecule has 100 valence electrons. The van der Waals surface area contributed by atoms with Crippen molar-refractivity contribution < 1.29 is 0 Å². The van der Waals surface area contributed by atoms with Crippen molar-refractivity contribution >= 4 is 5.69 Å². The zero-order chi connectivity index (χ0) is 13.7. The molecule has 0 saturated carbocycles. The number of rotatable bonds is 5. The Morgan fingerprint density at radius 2 is 1.74 bits per heavy atom. The lowest BCUT2D eigenvalue weighted by atomic mass is 10.0. The van der Waals surface area contributed by atoms with Gasteiger partial charge in [0.25, 0.3) is 0 Å². The van der Waals surface area contributed by atoms with Crippen molar-refractivity contribution in [2.75, 3.05) is 5.73 Å². The van der Waals surface area contributed by atoms with E-state index in [4.69, 9.17) is 5.73 Å². The normalized spacial score (nSPS) is 12.3. The van der Waals surface area contributed by atoms with E-state index in [9.17, 15) is 0 Å². The highest BCUT2D eigenvalue weighted by molar-refractivity contribution is 5.46. The summed E-state index contributed by atoms with van der Waals surface area (Å²) in [6.07, 6.45) is 1.09. The van der Waals surface area contributed by atoms with Crippen LogP contribution in [-0.2, 0) is 13.0 Å². The average Bonchev–Trinajstić information content (AvgIpc) is 2.46. The number of nitrogens with one attached hydrogen (secondary N) is 1. The first-order chi connectivity index (χ1) is 9.20. The highest BCUT2D eigenvalue weighted by Gasteiger charge is 2.05. The van der Waals surface area contributed by atoms with E-state index in [1.807, 2.05) is 18.2 Å². The molecule has 0 saturated heterocycles. The minimum atomic E-state index is 0.325. The van der Waals surface area contributed by atoms with Gasteiger partial charge in [0.2, 0.25) is 0 Å². The molecule has 0 aliphatic heterocycles. The molecule has 0 fully saturated rings. The third kappa shape index (κ3) is 3.58. The molecular formula is C17H22N2. The lowest BCUT2D eigenvalue weighted by Crippen LogP contribution is -2.18. The van der Waals surface area contributed by atoms with Gasteiger partial charge in [-0.15, -0.1) is 0 Å². The van der Waals surface area contributed by atoms with Gasteiger partial charge >= 0.3 is 0 Å². The summed E-state index contributed by atoms with van der Waals surface area (Å²) in [5, 5.41) is 3.51. The maximum atomic E-state index is 5.94. The molecular weight excluding hydrogens is 232 g/mol. The Balaban J connectivity index is 1.97. The zero-order valence-corrected chi connectivity index (χ0v) is 11.7. The lowest BCUT2D eigenvalue weighted by Gasteiger charge is -2.15. The van der Waals surface area contributed by atoms with Crippen molar-refractivity contribution in [1.82, 2.24) is 5.32 Å². The van der Waals surface area contributed by atoms with Gasteiger partial charge < -0.3 is 11.1 Å². The number of benzene rings is 2. The molecule has 3 N–H and O–H groups in total. The molecule has 2 nitrogen and oxygen atoms in total. The Kier molecular flexibility index (Phi) is 4.58. The van der Waals surface area contributed by atoms with Gasteiger partial charge in [0, 0.05) is 18.3 Å². The highest BCUT2D eigenvalue weighted by Crippen LogP contribution is 2.16. The average molecular weight is 254 g/mol. The van der Waals surface area contributed by atoms with Gasteiger partial charge in [-0.05, 0) is 36.1 Å². The fraction of sp³-hybridized carbons (Fsp3) is 0.294. The molecule has 0 aliphatic carbocycles. The summed E-state index contributed by atoms with van der Waals surface area (Å²) in [4.78, 5) is 0. The van der Waals surface area contributed by atoms with Crippen molar-refractivity contribution in [3.8, 4) is 0 Å². The molecule has 0 bridgehead atoms. The van der Waals surface area contributed by atoms with E-state index < -0.39 is 0 Å². The van der Waals surface area contributed by atoms with E-state index >= 15 is 0 Å². The van der Waals surface area contributed by atoms with Crippen LogP contribution in [0.5, 0.6) is 0 Å². The number of hydrogen-bond acceptors (Lipinski definition) is 2. The van der Waals surface area contributed by atoms with Crippen LogP contribution in [0.15, 0.2) is 48.5 Å². The van der Waals surface area contributed by atoms with E-state index in [2.05, 4.69) is 49.5 Å². The standard InChI is InChI=1S/C17H22N2/c1-3-14-8-10-15(11-9-14)13(2)19-12-16-6-4-5-7-17(16)18/h4-11,13,19H,3,12,18H2,1-2H3. The Morgan fingerprint density at radius 3 is 2.37 bits per heavy atom. The number of para-hydroxylation sites is 1. The molecule has 2 aromatic carbocycles. The van der Waals surface area contributed by atoms with E-state index in [1.165, 1.54) is 11.1 Å². The van der Waals surface area contributed by atoms with Crippen molar-refractivity contribution in [3.05, 3.63) is 65.2 Å². The molecule has 0 radical (unpaired) electrons. The maximum Gasteiger partial charge on any atom is 0.0359 e. The van der Waals surface area contributed by atoms with E-state index in [1.54, 1.807) is 0 Å². The second-order valence-corrected chi connectivity index (χ2v) is 4.90. The first-order valence-corrected chi connectivity index (χ1v) is 6.86. The summed E-state index contributed by atoms with van der Waals surface area (Å²) < 4.78 is 0. The molecule has 19 heavy (non-hydrogen) atoms. The van der Waals surface area contributed by atoms with Crippen LogP contribution in [0.3, 0.4) is 0 Å². The quantitative estimate of drug-likeness (QED) is 0.799. The van der Waals surface area contributed by atoms with Gasteiger partial charge in [0.15, 0.2) is 0 Å². The van der Waals surface area contributed by atoms with Crippen molar-refractivity contribution in [2.24, 2.45) is 0 Å². The number of nitrogen functional groups attached to an aromatic ring is 1. The minimum absolute atomic E-state index is 0.325. The monoisotopic (exact) mass is 254 g/mol. The van der Waals surface area contributed by atoms with Crippen LogP contribution >= 0.6 is 0 Å². The SMILES string of the molecule is CCc1ccc(C(C)NCc2ccccc2N)cc1. The second kappa shape index (κ2) is 6.39. The van der Waals surface area contributed by atoms with Crippen LogP contribution in [0.2, 0.25) is 0 Å². The predicted octanol–water partition coefficient (Wildman–Crippen LogP) is 3.68. The first-order valence-electron chi connectivity index (χ1n) is 6.86. The summed E-state index contributed by atoms with van der Waals surface area (Å²) in [5.74, 6) is 0. The Hall–Kier alpha value is -1.80. The number of hydrogen-bond donors (Lipinski definition) is 2. The van der Waals surface area contributed by atoms with Crippen LogP contribution in [0.25, 0.3) is 0 Å². The van der Waals surface area contributed by atoms with Crippen LogP contribution < -0.4 is 11.1 Å². The molecule has 0 heterocycles. The molecule has 1 atom stereocenters.